The maximum atomic E-state index is 5.61. The summed E-state index contributed by atoms with van der Waals surface area (Å²) < 4.78 is 0. The third kappa shape index (κ3) is 3.25. The molecule has 2 N–H and O–H groups in total. The molecule has 0 radical (unpaired) electrons. The van der Waals surface area contributed by atoms with E-state index in [-0.39, 0.29) is 0 Å². The second-order valence-corrected chi connectivity index (χ2v) is 4.00. The molecule has 0 saturated carbocycles. The third-order valence-electron chi connectivity index (χ3n) is 2.91. The Kier molecular flexibility index (Phi) is 4.70. The van der Waals surface area contributed by atoms with Gasteiger partial charge in [-0.05, 0) is 33.0 Å². The summed E-state index contributed by atoms with van der Waals surface area (Å²) in [6.45, 7) is 7.79. The van der Waals surface area contributed by atoms with Crippen LogP contribution in [0.2, 0.25) is 0 Å². The Balaban J connectivity index is 2.48. The fourth-order valence-electron chi connectivity index (χ4n) is 2.14. The lowest BCUT2D eigenvalue weighted by molar-refractivity contribution is 0.188. The minimum Gasteiger partial charge on any atom is -0.329 e. The summed E-state index contributed by atoms with van der Waals surface area (Å²) in [5.74, 6) is 0. The molecule has 0 amide bonds. The Morgan fingerprint density at radius 3 is 2.77 bits per heavy atom. The topological polar surface area (TPSA) is 32.5 Å². The van der Waals surface area contributed by atoms with Crippen molar-refractivity contribution in [3.63, 3.8) is 0 Å². The molecule has 1 rings (SSSR count). The van der Waals surface area contributed by atoms with Crippen LogP contribution in [0.3, 0.4) is 0 Å². The normalized spacial score (nSPS) is 27.5. The zero-order chi connectivity index (χ0) is 9.68. The molecular formula is C10H23N3. The molecular weight excluding hydrogens is 162 g/mol. The first-order valence-corrected chi connectivity index (χ1v) is 5.40. The number of hydrogen-bond acceptors (Lipinski definition) is 3. The Bertz CT molecular complexity index is 138. The maximum absolute atomic E-state index is 5.61. The summed E-state index contributed by atoms with van der Waals surface area (Å²) in [7, 11) is 2.22. The van der Waals surface area contributed by atoms with Gasteiger partial charge in [-0.1, -0.05) is 6.92 Å². The molecule has 1 aliphatic heterocycles. The van der Waals surface area contributed by atoms with Crippen molar-refractivity contribution in [2.45, 2.75) is 25.8 Å². The number of nitrogens with zero attached hydrogens (tertiary/aromatic N) is 2. The first kappa shape index (κ1) is 11.0. The Hall–Kier alpha value is -0.120. The highest BCUT2D eigenvalue weighted by molar-refractivity contribution is 4.77. The maximum Gasteiger partial charge on any atom is 0.0220 e. The van der Waals surface area contributed by atoms with E-state index in [4.69, 9.17) is 5.73 Å². The molecule has 3 nitrogen and oxygen atoms in total. The van der Waals surface area contributed by atoms with E-state index in [9.17, 15) is 0 Å². The third-order valence-corrected chi connectivity index (χ3v) is 2.91. The van der Waals surface area contributed by atoms with Gasteiger partial charge in [0.1, 0.15) is 0 Å². The Morgan fingerprint density at radius 2 is 2.15 bits per heavy atom. The van der Waals surface area contributed by atoms with Gasteiger partial charge in [-0.2, -0.15) is 0 Å². The van der Waals surface area contributed by atoms with Gasteiger partial charge in [-0.15, -0.1) is 0 Å². The van der Waals surface area contributed by atoms with E-state index in [1.165, 1.54) is 32.5 Å². The fourth-order valence-corrected chi connectivity index (χ4v) is 2.14. The lowest BCUT2D eigenvalue weighted by Gasteiger charge is -2.29. The summed E-state index contributed by atoms with van der Waals surface area (Å²) in [5, 5.41) is 0. The van der Waals surface area contributed by atoms with E-state index in [1.807, 2.05) is 0 Å². The average Bonchev–Trinajstić information content (AvgIpc) is 2.29. The zero-order valence-electron chi connectivity index (χ0n) is 9.00. The van der Waals surface area contributed by atoms with E-state index < -0.39 is 0 Å². The highest BCUT2D eigenvalue weighted by Crippen LogP contribution is 2.10. The molecule has 0 spiro atoms. The molecule has 1 saturated heterocycles. The summed E-state index contributed by atoms with van der Waals surface area (Å²) in [4.78, 5) is 4.98. The fraction of sp³-hybridized carbons (Fsp3) is 1.00. The highest BCUT2D eigenvalue weighted by Gasteiger charge is 2.20. The van der Waals surface area contributed by atoms with Gasteiger partial charge < -0.3 is 10.6 Å². The molecule has 13 heavy (non-hydrogen) atoms. The van der Waals surface area contributed by atoms with Crippen LogP contribution in [0.15, 0.2) is 0 Å². The molecule has 0 aliphatic carbocycles. The van der Waals surface area contributed by atoms with Crippen LogP contribution < -0.4 is 5.73 Å². The van der Waals surface area contributed by atoms with Crippen LogP contribution in [0.1, 0.15) is 19.8 Å². The lowest BCUT2D eigenvalue weighted by Crippen LogP contribution is -2.42. The zero-order valence-corrected chi connectivity index (χ0v) is 9.00. The van der Waals surface area contributed by atoms with E-state index in [2.05, 4.69) is 23.8 Å². The summed E-state index contributed by atoms with van der Waals surface area (Å²) in [6, 6.07) is 0.719. The molecule has 1 unspecified atom stereocenters. The van der Waals surface area contributed by atoms with Crippen molar-refractivity contribution in [3.05, 3.63) is 0 Å². The second-order valence-electron chi connectivity index (χ2n) is 4.00. The van der Waals surface area contributed by atoms with Crippen molar-refractivity contribution < 1.29 is 0 Å². The minimum atomic E-state index is 0.719. The molecule has 78 valence electrons. The van der Waals surface area contributed by atoms with E-state index in [1.54, 1.807) is 0 Å². The van der Waals surface area contributed by atoms with Gasteiger partial charge in [0.25, 0.3) is 0 Å². The van der Waals surface area contributed by atoms with Gasteiger partial charge in [0.05, 0.1) is 0 Å². The first-order chi connectivity index (χ1) is 6.27. The Morgan fingerprint density at radius 1 is 1.38 bits per heavy atom. The lowest BCUT2D eigenvalue weighted by atomic mass is 10.2. The number of hydrogen-bond donors (Lipinski definition) is 1. The van der Waals surface area contributed by atoms with Gasteiger partial charge in [0.15, 0.2) is 0 Å². The summed E-state index contributed by atoms with van der Waals surface area (Å²) in [6.07, 6.45) is 2.53. The van der Waals surface area contributed by atoms with Crippen molar-refractivity contribution in [2.75, 3.05) is 39.8 Å². The smallest absolute Gasteiger partial charge is 0.0220 e. The van der Waals surface area contributed by atoms with Gasteiger partial charge in [0, 0.05) is 25.7 Å². The molecule has 1 heterocycles. The molecule has 0 aromatic carbocycles. The van der Waals surface area contributed by atoms with Crippen molar-refractivity contribution >= 4 is 0 Å². The molecule has 0 bridgehead atoms. The Labute approximate surface area is 81.9 Å². The molecule has 0 aromatic rings. The summed E-state index contributed by atoms with van der Waals surface area (Å²) >= 11 is 0. The SMILES string of the molecule is CCC1CN(C)CCCN1CCN. The largest absolute Gasteiger partial charge is 0.329 e. The molecule has 1 aliphatic rings. The van der Waals surface area contributed by atoms with E-state index in [0.717, 1.165) is 19.1 Å². The van der Waals surface area contributed by atoms with Crippen molar-refractivity contribution in [2.24, 2.45) is 5.73 Å². The van der Waals surface area contributed by atoms with Crippen LogP contribution in [0.4, 0.5) is 0 Å². The van der Waals surface area contributed by atoms with Gasteiger partial charge in [-0.3, -0.25) is 4.90 Å². The predicted molar refractivity (Wildman–Crippen MR) is 56.8 cm³/mol. The van der Waals surface area contributed by atoms with Gasteiger partial charge in [0.2, 0.25) is 0 Å². The number of rotatable bonds is 3. The van der Waals surface area contributed by atoms with Crippen LogP contribution >= 0.6 is 0 Å². The van der Waals surface area contributed by atoms with Crippen LogP contribution in [-0.4, -0.2) is 55.6 Å². The van der Waals surface area contributed by atoms with Crippen LogP contribution in [0, 0.1) is 0 Å². The highest BCUT2D eigenvalue weighted by atomic mass is 15.2. The second kappa shape index (κ2) is 5.58. The summed E-state index contributed by atoms with van der Waals surface area (Å²) in [5.41, 5.74) is 5.61. The van der Waals surface area contributed by atoms with Crippen molar-refractivity contribution in [1.82, 2.24) is 9.80 Å². The quantitative estimate of drug-likeness (QED) is 0.689. The molecule has 0 aromatic heterocycles. The van der Waals surface area contributed by atoms with Crippen molar-refractivity contribution in [3.8, 4) is 0 Å². The molecule has 3 heteroatoms. The molecule has 1 atom stereocenters. The average molecular weight is 185 g/mol. The monoisotopic (exact) mass is 185 g/mol. The first-order valence-electron chi connectivity index (χ1n) is 5.40. The van der Waals surface area contributed by atoms with Gasteiger partial charge in [-0.25, -0.2) is 0 Å². The molecule has 1 fully saturated rings. The van der Waals surface area contributed by atoms with Gasteiger partial charge >= 0.3 is 0 Å². The van der Waals surface area contributed by atoms with E-state index in [0.29, 0.717) is 0 Å². The standard InChI is InChI=1S/C10H23N3/c1-3-10-9-12(2)6-4-7-13(10)8-5-11/h10H,3-9,11H2,1-2H3. The van der Waals surface area contributed by atoms with Crippen LogP contribution in [-0.2, 0) is 0 Å². The number of nitrogens with two attached hydrogens (primary N) is 1. The minimum absolute atomic E-state index is 0.719. The predicted octanol–water partition coefficient (Wildman–Crippen LogP) is 0.361. The van der Waals surface area contributed by atoms with E-state index >= 15 is 0 Å². The van der Waals surface area contributed by atoms with Crippen LogP contribution in [0.25, 0.3) is 0 Å². The van der Waals surface area contributed by atoms with Crippen LogP contribution in [0.5, 0.6) is 0 Å². The van der Waals surface area contributed by atoms with Crippen molar-refractivity contribution in [1.29, 1.82) is 0 Å². The number of likely N-dealkylation sites (N-methyl/N-ethyl adjacent to an activating group) is 1.